The maximum Gasteiger partial charge on any atom is 0.303 e. The number of nitrogens with two attached hydrogens (primary N) is 1. The number of hydrogen-bond acceptors (Lipinski definition) is 4. The van der Waals surface area contributed by atoms with Crippen molar-refractivity contribution in [2.75, 3.05) is 14.2 Å². The maximum atomic E-state index is 14.4. The van der Waals surface area contributed by atoms with Crippen LogP contribution in [0.15, 0.2) is 12.1 Å². The Bertz CT molecular complexity index is 511. The third-order valence-electron chi connectivity index (χ3n) is 3.26. The maximum absolute atomic E-state index is 14.4. The predicted octanol–water partition coefficient (Wildman–Crippen LogP) is 2.77. The van der Waals surface area contributed by atoms with Crippen LogP contribution in [0.2, 0.25) is 0 Å². The predicted molar refractivity (Wildman–Crippen MR) is 77.5 cm³/mol. The molecule has 5 nitrogen and oxygen atoms in total. The van der Waals surface area contributed by atoms with Gasteiger partial charge in [0, 0.05) is 12.5 Å². The SMILES string of the molecule is COc1cc(C(N)CCC(=O)O)c(C(C)(C)F)cc1OC. The van der Waals surface area contributed by atoms with E-state index in [1.807, 2.05) is 0 Å². The molecular weight excluding hydrogens is 277 g/mol. The lowest BCUT2D eigenvalue weighted by Gasteiger charge is -2.24. The molecule has 118 valence electrons. The molecule has 0 aliphatic carbocycles. The first-order valence-electron chi connectivity index (χ1n) is 6.63. The highest BCUT2D eigenvalue weighted by Crippen LogP contribution is 2.39. The standard InChI is InChI=1S/C15H22FNO4/c1-15(2,16)10-8-13(21-4)12(20-3)7-9(10)11(17)5-6-14(18)19/h7-8,11H,5-6,17H2,1-4H3,(H,18,19). The molecule has 1 aromatic rings. The van der Waals surface area contributed by atoms with Crippen molar-refractivity contribution in [1.29, 1.82) is 0 Å². The van der Waals surface area contributed by atoms with E-state index in [9.17, 15) is 9.18 Å². The molecule has 0 heterocycles. The summed E-state index contributed by atoms with van der Waals surface area (Å²) in [4.78, 5) is 10.7. The van der Waals surface area contributed by atoms with Gasteiger partial charge >= 0.3 is 5.97 Å². The van der Waals surface area contributed by atoms with Gasteiger partial charge in [-0.05, 0) is 43.5 Å². The van der Waals surface area contributed by atoms with Crippen molar-refractivity contribution in [3.63, 3.8) is 0 Å². The second-order valence-electron chi connectivity index (χ2n) is 5.31. The van der Waals surface area contributed by atoms with Gasteiger partial charge in [0.25, 0.3) is 0 Å². The van der Waals surface area contributed by atoms with Crippen molar-refractivity contribution in [3.05, 3.63) is 23.3 Å². The van der Waals surface area contributed by atoms with E-state index in [1.54, 1.807) is 12.1 Å². The van der Waals surface area contributed by atoms with Crippen LogP contribution in [0.4, 0.5) is 4.39 Å². The molecule has 1 aromatic carbocycles. The normalized spacial score (nSPS) is 12.9. The summed E-state index contributed by atoms with van der Waals surface area (Å²) >= 11 is 0. The Balaban J connectivity index is 3.29. The summed E-state index contributed by atoms with van der Waals surface area (Å²) in [5.41, 5.74) is 5.30. The Labute approximate surface area is 123 Å². The molecule has 3 N–H and O–H groups in total. The molecule has 1 rings (SSSR count). The average molecular weight is 299 g/mol. The summed E-state index contributed by atoms with van der Waals surface area (Å²) in [7, 11) is 2.95. The molecule has 0 radical (unpaired) electrons. The number of benzene rings is 1. The van der Waals surface area contributed by atoms with Gasteiger partial charge in [-0.2, -0.15) is 0 Å². The zero-order chi connectivity index (χ0) is 16.2. The van der Waals surface area contributed by atoms with E-state index in [0.717, 1.165) is 0 Å². The molecule has 0 aliphatic rings. The van der Waals surface area contributed by atoms with Crippen LogP contribution >= 0.6 is 0 Å². The molecule has 6 heteroatoms. The van der Waals surface area contributed by atoms with Crippen LogP contribution < -0.4 is 15.2 Å². The number of ether oxygens (including phenoxy) is 2. The molecular formula is C15H22FNO4. The van der Waals surface area contributed by atoms with Crippen molar-refractivity contribution in [3.8, 4) is 11.5 Å². The van der Waals surface area contributed by atoms with E-state index >= 15 is 0 Å². The second kappa shape index (κ2) is 6.76. The van der Waals surface area contributed by atoms with E-state index in [-0.39, 0.29) is 12.8 Å². The minimum Gasteiger partial charge on any atom is -0.493 e. The van der Waals surface area contributed by atoms with Crippen molar-refractivity contribution in [1.82, 2.24) is 0 Å². The number of carbonyl (C=O) groups is 1. The molecule has 1 atom stereocenters. The van der Waals surface area contributed by atoms with Crippen LogP contribution in [0.5, 0.6) is 11.5 Å². The van der Waals surface area contributed by atoms with E-state index < -0.39 is 17.7 Å². The quantitative estimate of drug-likeness (QED) is 0.809. The Kier molecular flexibility index (Phi) is 5.54. The zero-order valence-electron chi connectivity index (χ0n) is 12.8. The zero-order valence-corrected chi connectivity index (χ0v) is 12.8. The van der Waals surface area contributed by atoms with Crippen LogP contribution in [0.1, 0.15) is 43.9 Å². The highest BCUT2D eigenvalue weighted by Gasteiger charge is 2.27. The fourth-order valence-corrected chi connectivity index (χ4v) is 2.15. The van der Waals surface area contributed by atoms with Crippen LogP contribution in [-0.4, -0.2) is 25.3 Å². The largest absolute Gasteiger partial charge is 0.493 e. The van der Waals surface area contributed by atoms with Gasteiger partial charge < -0.3 is 20.3 Å². The number of carboxylic acid groups (broad SMARTS) is 1. The Morgan fingerprint density at radius 2 is 1.86 bits per heavy atom. The van der Waals surface area contributed by atoms with Gasteiger partial charge in [0.1, 0.15) is 5.67 Å². The lowest BCUT2D eigenvalue weighted by atomic mass is 9.89. The molecule has 0 fully saturated rings. The van der Waals surface area contributed by atoms with Gasteiger partial charge in [-0.25, -0.2) is 4.39 Å². The fourth-order valence-electron chi connectivity index (χ4n) is 2.15. The number of methoxy groups -OCH3 is 2. The molecule has 1 unspecified atom stereocenters. The Hall–Kier alpha value is -1.82. The Morgan fingerprint density at radius 1 is 1.33 bits per heavy atom. The van der Waals surface area contributed by atoms with Crippen LogP contribution in [0.25, 0.3) is 0 Å². The minimum atomic E-state index is -1.63. The molecule has 0 aliphatic heterocycles. The summed E-state index contributed by atoms with van der Waals surface area (Å²) in [5.74, 6) is -0.0920. The molecule has 0 spiro atoms. The summed E-state index contributed by atoms with van der Waals surface area (Å²) in [6, 6.07) is 2.57. The number of halogens is 1. The van der Waals surface area contributed by atoms with Gasteiger partial charge in [-0.15, -0.1) is 0 Å². The molecule has 21 heavy (non-hydrogen) atoms. The summed E-state index contributed by atoms with van der Waals surface area (Å²) in [5, 5.41) is 8.75. The lowest BCUT2D eigenvalue weighted by molar-refractivity contribution is -0.137. The highest BCUT2D eigenvalue weighted by atomic mass is 19.1. The molecule has 0 bridgehead atoms. The van der Waals surface area contributed by atoms with Crippen LogP contribution in [-0.2, 0) is 10.5 Å². The molecule has 0 amide bonds. The number of carboxylic acids is 1. The van der Waals surface area contributed by atoms with Crippen LogP contribution in [0, 0.1) is 0 Å². The summed E-state index contributed by atoms with van der Waals surface area (Å²) < 4.78 is 24.8. The number of aliphatic carboxylic acids is 1. The monoisotopic (exact) mass is 299 g/mol. The minimum absolute atomic E-state index is 0.0817. The molecule has 0 saturated heterocycles. The summed E-state index contributed by atoms with van der Waals surface area (Å²) in [6.07, 6.45) is 0.134. The van der Waals surface area contributed by atoms with Crippen molar-refractivity contribution in [2.45, 2.75) is 38.4 Å². The van der Waals surface area contributed by atoms with E-state index in [1.165, 1.54) is 28.1 Å². The number of hydrogen-bond donors (Lipinski definition) is 2. The third-order valence-corrected chi connectivity index (χ3v) is 3.26. The van der Waals surface area contributed by atoms with Crippen molar-refractivity contribution in [2.24, 2.45) is 5.73 Å². The second-order valence-corrected chi connectivity index (χ2v) is 5.31. The Morgan fingerprint density at radius 3 is 2.29 bits per heavy atom. The first-order valence-corrected chi connectivity index (χ1v) is 6.63. The van der Waals surface area contributed by atoms with Gasteiger partial charge in [0.2, 0.25) is 0 Å². The van der Waals surface area contributed by atoms with E-state index in [0.29, 0.717) is 22.6 Å². The van der Waals surface area contributed by atoms with Gasteiger partial charge in [-0.1, -0.05) is 0 Å². The van der Waals surface area contributed by atoms with E-state index in [4.69, 9.17) is 20.3 Å². The van der Waals surface area contributed by atoms with Gasteiger partial charge in [0.05, 0.1) is 14.2 Å². The smallest absolute Gasteiger partial charge is 0.303 e. The van der Waals surface area contributed by atoms with E-state index in [2.05, 4.69) is 0 Å². The van der Waals surface area contributed by atoms with Crippen molar-refractivity contribution >= 4 is 5.97 Å². The van der Waals surface area contributed by atoms with Crippen molar-refractivity contribution < 1.29 is 23.8 Å². The van der Waals surface area contributed by atoms with Gasteiger partial charge in [-0.3, -0.25) is 4.79 Å². The topological polar surface area (TPSA) is 81.8 Å². The first kappa shape index (κ1) is 17.2. The van der Waals surface area contributed by atoms with Gasteiger partial charge in [0.15, 0.2) is 11.5 Å². The average Bonchev–Trinajstić information content (AvgIpc) is 2.42. The fraction of sp³-hybridized carbons (Fsp3) is 0.533. The summed E-state index contributed by atoms with van der Waals surface area (Å²) in [6.45, 7) is 2.84. The highest BCUT2D eigenvalue weighted by molar-refractivity contribution is 5.66. The van der Waals surface area contributed by atoms with Crippen LogP contribution in [0.3, 0.4) is 0 Å². The molecule has 0 saturated carbocycles. The third kappa shape index (κ3) is 4.32. The number of rotatable bonds is 7. The number of alkyl halides is 1. The lowest BCUT2D eigenvalue weighted by Crippen LogP contribution is -2.20. The molecule has 0 aromatic heterocycles. The first-order chi connectivity index (χ1) is 9.70.